The zero-order valence-electron chi connectivity index (χ0n) is 9.58. The zero-order valence-corrected chi connectivity index (χ0v) is 9.58. The van der Waals surface area contributed by atoms with Crippen LogP contribution < -0.4 is 19.9 Å². The zero-order chi connectivity index (χ0) is 13.3. The highest BCUT2D eigenvalue weighted by Gasteiger charge is 2.32. The number of rotatable bonds is 3. The molecule has 7 heteroatoms. The molecule has 1 aliphatic heterocycles. The SMILES string of the molecule is COc1cc([C@@H](N)CC(F)(F)F)cc2c1OCO2. The second kappa shape index (κ2) is 4.56. The minimum atomic E-state index is -4.32. The van der Waals surface area contributed by atoms with Gasteiger partial charge in [0.2, 0.25) is 12.5 Å². The summed E-state index contributed by atoms with van der Waals surface area (Å²) in [5, 5.41) is 0. The second-order valence-corrected chi connectivity index (χ2v) is 3.88. The Labute approximate surface area is 101 Å². The van der Waals surface area contributed by atoms with E-state index in [0.29, 0.717) is 22.8 Å². The first-order valence-electron chi connectivity index (χ1n) is 5.20. The summed E-state index contributed by atoms with van der Waals surface area (Å²) in [5.41, 5.74) is 5.83. The molecule has 18 heavy (non-hydrogen) atoms. The number of hydrogen-bond acceptors (Lipinski definition) is 4. The van der Waals surface area contributed by atoms with Crippen LogP contribution in [0.4, 0.5) is 13.2 Å². The second-order valence-electron chi connectivity index (χ2n) is 3.88. The van der Waals surface area contributed by atoms with Gasteiger partial charge in [0.05, 0.1) is 13.5 Å². The van der Waals surface area contributed by atoms with E-state index in [-0.39, 0.29) is 6.79 Å². The molecule has 1 aromatic carbocycles. The van der Waals surface area contributed by atoms with Gasteiger partial charge < -0.3 is 19.9 Å². The monoisotopic (exact) mass is 263 g/mol. The predicted octanol–water partition coefficient (Wildman–Crippen LogP) is 2.38. The predicted molar refractivity (Wildman–Crippen MR) is 56.7 cm³/mol. The fraction of sp³-hybridized carbons (Fsp3) is 0.455. The lowest BCUT2D eigenvalue weighted by atomic mass is 10.0. The fourth-order valence-electron chi connectivity index (χ4n) is 1.73. The van der Waals surface area contributed by atoms with E-state index >= 15 is 0 Å². The van der Waals surface area contributed by atoms with Gasteiger partial charge in [0.25, 0.3) is 0 Å². The minimum Gasteiger partial charge on any atom is -0.493 e. The van der Waals surface area contributed by atoms with Gasteiger partial charge in [-0.2, -0.15) is 13.2 Å². The molecule has 0 bridgehead atoms. The summed E-state index contributed by atoms with van der Waals surface area (Å²) in [6, 6.07) is 1.72. The van der Waals surface area contributed by atoms with Crippen LogP contribution in [0, 0.1) is 0 Å². The van der Waals surface area contributed by atoms with Crippen LogP contribution in [0.3, 0.4) is 0 Å². The molecule has 0 radical (unpaired) electrons. The summed E-state index contributed by atoms with van der Waals surface area (Å²) in [5.74, 6) is 1.06. The first kappa shape index (κ1) is 12.8. The highest BCUT2D eigenvalue weighted by molar-refractivity contribution is 5.55. The van der Waals surface area contributed by atoms with Crippen LogP contribution in [0.5, 0.6) is 17.2 Å². The summed E-state index contributed by atoms with van der Waals surface area (Å²) < 4.78 is 52.1. The third kappa shape index (κ3) is 2.61. The Morgan fingerprint density at radius 1 is 1.39 bits per heavy atom. The first-order valence-corrected chi connectivity index (χ1v) is 5.20. The van der Waals surface area contributed by atoms with E-state index in [2.05, 4.69) is 0 Å². The van der Waals surface area contributed by atoms with Crippen molar-refractivity contribution in [3.05, 3.63) is 17.7 Å². The van der Waals surface area contributed by atoms with Gasteiger partial charge in [0.15, 0.2) is 11.5 Å². The van der Waals surface area contributed by atoms with E-state index in [0.717, 1.165) is 0 Å². The van der Waals surface area contributed by atoms with Crippen molar-refractivity contribution in [2.24, 2.45) is 5.73 Å². The molecule has 0 saturated carbocycles. The molecule has 0 saturated heterocycles. The molecular weight excluding hydrogens is 251 g/mol. The van der Waals surface area contributed by atoms with Crippen LogP contribution in [0.25, 0.3) is 0 Å². The summed E-state index contributed by atoms with van der Waals surface area (Å²) in [7, 11) is 1.40. The highest BCUT2D eigenvalue weighted by atomic mass is 19.4. The van der Waals surface area contributed by atoms with Crippen molar-refractivity contribution < 1.29 is 27.4 Å². The van der Waals surface area contributed by atoms with Gasteiger partial charge >= 0.3 is 6.18 Å². The van der Waals surface area contributed by atoms with Crippen molar-refractivity contribution in [3.8, 4) is 17.2 Å². The van der Waals surface area contributed by atoms with Crippen molar-refractivity contribution >= 4 is 0 Å². The summed E-state index contributed by atoms with van der Waals surface area (Å²) in [6.07, 6.45) is -5.42. The number of benzene rings is 1. The van der Waals surface area contributed by atoms with Crippen LogP contribution in [-0.4, -0.2) is 20.1 Å². The summed E-state index contributed by atoms with van der Waals surface area (Å²) in [6.45, 7) is 0.0175. The average Bonchev–Trinajstić information content (AvgIpc) is 2.73. The standard InChI is InChI=1S/C11H12F3NO3/c1-16-8-2-6(7(15)4-11(12,13)14)3-9-10(8)18-5-17-9/h2-3,7H,4-5,15H2,1H3/t7-/m0/s1. The fourth-order valence-corrected chi connectivity index (χ4v) is 1.73. The van der Waals surface area contributed by atoms with Crippen LogP contribution in [-0.2, 0) is 0 Å². The normalized spacial score (nSPS) is 15.6. The number of methoxy groups -OCH3 is 1. The number of nitrogens with two attached hydrogens (primary N) is 1. The largest absolute Gasteiger partial charge is 0.493 e. The maximum atomic E-state index is 12.3. The Kier molecular flexibility index (Phi) is 3.25. The van der Waals surface area contributed by atoms with Gasteiger partial charge in [-0.25, -0.2) is 0 Å². The van der Waals surface area contributed by atoms with Gasteiger partial charge in [-0.15, -0.1) is 0 Å². The number of fused-ring (bicyclic) bond motifs is 1. The maximum Gasteiger partial charge on any atom is 0.390 e. The van der Waals surface area contributed by atoms with E-state index in [1.54, 1.807) is 0 Å². The molecule has 1 aliphatic rings. The summed E-state index contributed by atoms with van der Waals surface area (Å²) in [4.78, 5) is 0. The van der Waals surface area contributed by atoms with E-state index in [1.165, 1.54) is 19.2 Å². The topological polar surface area (TPSA) is 53.7 Å². The third-order valence-corrected chi connectivity index (χ3v) is 2.56. The smallest absolute Gasteiger partial charge is 0.390 e. The summed E-state index contributed by atoms with van der Waals surface area (Å²) >= 11 is 0. The Morgan fingerprint density at radius 3 is 2.72 bits per heavy atom. The van der Waals surface area contributed by atoms with Crippen molar-refractivity contribution in [1.82, 2.24) is 0 Å². The lowest BCUT2D eigenvalue weighted by molar-refractivity contribution is -0.138. The number of alkyl halides is 3. The quantitative estimate of drug-likeness (QED) is 0.909. The molecule has 4 nitrogen and oxygen atoms in total. The maximum absolute atomic E-state index is 12.3. The minimum absolute atomic E-state index is 0.0175. The van der Waals surface area contributed by atoms with E-state index in [4.69, 9.17) is 19.9 Å². The lowest BCUT2D eigenvalue weighted by Gasteiger charge is -2.16. The molecule has 2 N–H and O–H groups in total. The molecule has 1 heterocycles. The molecule has 2 rings (SSSR count). The molecule has 0 fully saturated rings. The molecule has 0 spiro atoms. The number of hydrogen-bond donors (Lipinski definition) is 1. The van der Waals surface area contributed by atoms with Crippen LogP contribution >= 0.6 is 0 Å². The Bertz CT molecular complexity index is 448. The lowest BCUT2D eigenvalue weighted by Crippen LogP contribution is -2.20. The Hall–Kier alpha value is -1.63. The van der Waals surface area contributed by atoms with Crippen molar-refractivity contribution in [3.63, 3.8) is 0 Å². The molecule has 0 aromatic heterocycles. The highest BCUT2D eigenvalue weighted by Crippen LogP contribution is 2.43. The van der Waals surface area contributed by atoms with Gasteiger partial charge in [-0.05, 0) is 17.7 Å². The van der Waals surface area contributed by atoms with Crippen LogP contribution in [0.2, 0.25) is 0 Å². The number of halogens is 3. The van der Waals surface area contributed by atoms with Crippen molar-refractivity contribution in [1.29, 1.82) is 0 Å². The first-order chi connectivity index (χ1) is 8.40. The molecule has 1 atom stereocenters. The van der Waals surface area contributed by atoms with Crippen LogP contribution in [0.15, 0.2) is 12.1 Å². The van der Waals surface area contributed by atoms with Crippen LogP contribution in [0.1, 0.15) is 18.0 Å². The van der Waals surface area contributed by atoms with Gasteiger partial charge in [0.1, 0.15) is 0 Å². The van der Waals surface area contributed by atoms with Crippen molar-refractivity contribution in [2.75, 3.05) is 13.9 Å². The third-order valence-electron chi connectivity index (χ3n) is 2.56. The van der Waals surface area contributed by atoms with Gasteiger partial charge in [-0.1, -0.05) is 0 Å². The number of ether oxygens (including phenoxy) is 3. The van der Waals surface area contributed by atoms with E-state index in [1.807, 2.05) is 0 Å². The molecule has 1 aromatic rings. The molecule has 100 valence electrons. The average molecular weight is 263 g/mol. The van der Waals surface area contributed by atoms with E-state index < -0.39 is 18.6 Å². The van der Waals surface area contributed by atoms with Gasteiger partial charge in [-0.3, -0.25) is 0 Å². The van der Waals surface area contributed by atoms with E-state index in [9.17, 15) is 13.2 Å². The Morgan fingerprint density at radius 2 is 2.11 bits per heavy atom. The molecular formula is C11H12F3NO3. The molecule has 0 aliphatic carbocycles. The Balaban J connectivity index is 2.29. The van der Waals surface area contributed by atoms with Crippen molar-refractivity contribution in [2.45, 2.75) is 18.6 Å². The molecule has 0 unspecified atom stereocenters. The molecule has 0 amide bonds. The van der Waals surface area contributed by atoms with Gasteiger partial charge in [0, 0.05) is 6.04 Å².